The van der Waals surface area contributed by atoms with E-state index in [0.717, 1.165) is 0 Å². The normalized spacial score (nSPS) is 21.3. The van der Waals surface area contributed by atoms with E-state index < -0.39 is 30.1 Å². The van der Waals surface area contributed by atoms with Crippen LogP contribution in [-0.2, 0) is 9.53 Å². The second kappa shape index (κ2) is 4.00. The Morgan fingerprint density at radius 2 is 2.07 bits per heavy atom. The molecule has 0 aliphatic heterocycles. The molecule has 0 unspecified atom stereocenters. The van der Waals surface area contributed by atoms with E-state index in [9.17, 15) is 18.4 Å². The van der Waals surface area contributed by atoms with Crippen molar-refractivity contribution in [3.63, 3.8) is 0 Å². The van der Waals surface area contributed by atoms with Gasteiger partial charge in [0.15, 0.2) is 6.10 Å². The number of amides is 2. The summed E-state index contributed by atoms with van der Waals surface area (Å²) in [7, 11) is 0. The van der Waals surface area contributed by atoms with Gasteiger partial charge in [-0.3, -0.25) is 4.79 Å². The van der Waals surface area contributed by atoms with E-state index in [1.54, 1.807) is 0 Å². The third kappa shape index (κ3) is 3.34. The van der Waals surface area contributed by atoms with Crippen molar-refractivity contribution in [1.82, 2.24) is 5.32 Å². The molecule has 1 fully saturated rings. The third-order valence-corrected chi connectivity index (χ3v) is 2.10. The van der Waals surface area contributed by atoms with Gasteiger partial charge in [0.2, 0.25) is 0 Å². The zero-order valence-electron chi connectivity index (χ0n) is 8.13. The van der Waals surface area contributed by atoms with Crippen molar-refractivity contribution < 1.29 is 23.1 Å². The van der Waals surface area contributed by atoms with Gasteiger partial charge in [0.05, 0.1) is 0 Å². The number of rotatable bonds is 3. The Morgan fingerprint density at radius 1 is 1.53 bits per heavy atom. The third-order valence-electron chi connectivity index (χ3n) is 2.10. The van der Waals surface area contributed by atoms with E-state index in [1.165, 1.54) is 6.92 Å². The van der Waals surface area contributed by atoms with Crippen LogP contribution in [0.15, 0.2) is 0 Å². The second-order valence-corrected chi connectivity index (χ2v) is 3.55. The smallest absolute Gasteiger partial charge is 0.405 e. The summed E-state index contributed by atoms with van der Waals surface area (Å²) >= 11 is 0. The van der Waals surface area contributed by atoms with Gasteiger partial charge in [-0.25, -0.2) is 13.6 Å². The van der Waals surface area contributed by atoms with Gasteiger partial charge < -0.3 is 15.8 Å². The highest BCUT2D eigenvalue weighted by molar-refractivity contribution is 5.83. The largest absolute Gasteiger partial charge is 0.437 e. The Kier molecular flexibility index (Phi) is 3.11. The maximum atomic E-state index is 12.4. The van der Waals surface area contributed by atoms with Crippen LogP contribution in [0.4, 0.5) is 13.6 Å². The molecule has 0 saturated heterocycles. The molecule has 0 radical (unpaired) electrons. The number of hydrogen-bond donors (Lipinski definition) is 2. The average molecular weight is 222 g/mol. The number of carbonyl (C=O) groups is 2. The van der Waals surface area contributed by atoms with Crippen LogP contribution in [0, 0.1) is 0 Å². The molecule has 2 amide bonds. The van der Waals surface area contributed by atoms with Gasteiger partial charge in [-0.1, -0.05) is 0 Å². The molecule has 86 valence electrons. The molecule has 0 aromatic rings. The standard InChI is InChI=1S/C8H12F2N2O3/c1-4(15-7(11)14)6(13)12-5-2-8(9,10)3-5/h4-5H,2-3H2,1H3,(H2,11,14)(H,12,13)/t4-/m1/s1. The van der Waals surface area contributed by atoms with E-state index in [4.69, 9.17) is 5.73 Å². The zero-order valence-corrected chi connectivity index (χ0v) is 8.13. The molecule has 0 spiro atoms. The maximum Gasteiger partial charge on any atom is 0.405 e. The number of ether oxygens (including phenoxy) is 1. The fraction of sp³-hybridized carbons (Fsp3) is 0.750. The molecule has 0 aromatic carbocycles. The Hall–Kier alpha value is -1.40. The van der Waals surface area contributed by atoms with Crippen molar-refractivity contribution in [2.75, 3.05) is 0 Å². The summed E-state index contributed by atoms with van der Waals surface area (Å²) in [5, 5.41) is 2.33. The molecule has 0 heterocycles. The highest BCUT2D eigenvalue weighted by Gasteiger charge is 2.46. The molecular formula is C8H12F2N2O3. The SMILES string of the molecule is C[C@@H](OC(N)=O)C(=O)NC1CC(F)(F)C1. The summed E-state index contributed by atoms with van der Waals surface area (Å²) in [5.41, 5.74) is 4.69. The molecule has 1 atom stereocenters. The van der Waals surface area contributed by atoms with Crippen molar-refractivity contribution >= 4 is 12.0 Å². The molecule has 0 aromatic heterocycles. The number of hydrogen-bond acceptors (Lipinski definition) is 3. The Balaban J connectivity index is 2.28. The number of carbonyl (C=O) groups excluding carboxylic acids is 2. The lowest BCUT2D eigenvalue weighted by atomic mass is 9.88. The predicted molar refractivity (Wildman–Crippen MR) is 46.2 cm³/mol. The number of primary amides is 1. The highest BCUT2D eigenvalue weighted by Crippen LogP contribution is 2.37. The molecule has 3 N–H and O–H groups in total. The van der Waals surface area contributed by atoms with Crippen molar-refractivity contribution in [2.24, 2.45) is 5.73 Å². The minimum atomic E-state index is -2.69. The van der Waals surface area contributed by atoms with Gasteiger partial charge in [0.1, 0.15) is 0 Å². The molecular weight excluding hydrogens is 210 g/mol. The van der Waals surface area contributed by atoms with Crippen molar-refractivity contribution in [1.29, 1.82) is 0 Å². The van der Waals surface area contributed by atoms with Gasteiger partial charge in [-0.15, -0.1) is 0 Å². The molecule has 1 saturated carbocycles. The van der Waals surface area contributed by atoms with E-state index >= 15 is 0 Å². The van der Waals surface area contributed by atoms with Gasteiger partial charge in [-0.05, 0) is 6.92 Å². The van der Waals surface area contributed by atoms with Gasteiger partial charge in [0, 0.05) is 18.9 Å². The number of nitrogens with two attached hydrogens (primary N) is 1. The summed E-state index contributed by atoms with van der Waals surface area (Å²) < 4.78 is 29.2. The maximum absolute atomic E-state index is 12.4. The van der Waals surface area contributed by atoms with Crippen LogP contribution >= 0.6 is 0 Å². The lowest BCUT2D eigenvalue weighted by Gasteiger charge is -2.35. The summed E-state index contributed by atoms with van der Waals surface area (Å²) in [6.07, 6.45) is -2.88. The fourth-order valence-corrected chi connectivity index (χ4v) is 1.31. The van der Waals surface area contributed by atoms with Crippen LogP contribution in [0.2, 0.25) is 0 Å². The first-order valence-electron chi connectivity index (χ1n) is 4.44. The van der Waals surface area contributed by atoms with E-state index in [0.29, 0.717) is 0 Å². The van der Waals surface area contributed by atoms with Crippen LogP contribution in [0.25, 0.3) is 0 Å². The minimum Gasteiger partial charge on any atom is -0.437 e. The number of nitrogens with one attached hydrogen (secondary N) is 1. The van der Waals surface area contributed by atoms with Crippen molar-refractivity contribution in [2.45, 2.75) is 37.8 Å². The summed E-state index contributed by atoms with van der Waals surface area (Å²) in [5.74, 6) is -3.31. The van der Waals surface area contributed by atoms with Crippen molar-refractivity contribution in [3.8, 4) is 0 Å². The molecule has 1 rings (SSSR count). The summed E-state index contributed by atoms with van der Waals surface area (Å²) in [4.78, 5) is 21.5. The molecule has 5 nitrogen and oxygen atoms in total. The van der Waals surface area contributed by atoms with E-state index in [-0.39, 0.29) is 12.8 Å². The second-order valence-electron chi connectivity index (χ2n) is 3.55. The Labute approximate surface area is 84.9 Å². The van der Waals surface area contributed by atoms with Gasteiger partial charge in [0.25, 0.3) is 11.8 Å². The number of halogens is 2. The highest BCUT2D eigenvalue weighted by atomic mass is 19.3. The first kappa shape index (κ1) is 11.7. The van der Waals surface area contributed by atoms with Crippen LogP contribution in [0.3, 0.4) is 0 Å². The number of alkyl halides is 2. The summed E-state index contributed by atoms with van der Waals surface area (Å²) in [6, 6.07) is -0.550. The quantitative estimate of drug-likeness (QED) is 0.724. The molecule has 15 heavy (non-hydrogen) atoms. The van der Waals surface area contributed by atoms with Crippen LogP contribution in [0.5, 0.6) is 0 Å². The molecule has 1 aliphatic carbocycles. The van der Waals surface area contributed by atoms with Crippen LogP contribution in [-0.4, -0.2) is 30.1 Å². The van der Waals surface area contributed by atoms with Crippen LogP contribution < -0.4 is 11.1 Å². The first-order valence-corrected chi connectivity index (χ1v) is 4.44. The van der Waals surface area contributed by atoms with Crippen molar-refractivity contribution in [3.05, 3.63) is 0 Å². The lowest BCUT2D eigenvalue weighted by molar-refractivity contribution is -0.136. The monoisotopic (exact) mass is 222 g/mol. The van der Waals surface area contributed by atoms with Gasteiger partial charge in [-0.2, -0.15) is 0 Å². The lowest BCUT2D eigenvalue weighted by Crippen LogP contribution is -2.53. The predicted octanol–water partition coefficient (Wildman–Crippen LogP) is 0.384. The zero-order chi connectivity index (χ0) is 11.6. The molecule has 7 heteroatoms. The Bertz CT molecular complexity index is 275. The molecule has 0 bridgehead atoms. The minimum absolute atomic E-state index is 0.373. The fourth-order valence-electron chi connectivity index (χ4n) is 1.31. The topological polar surface area (TPSA) is 81.4 Å². The molecule has 1 aliphatic rings. The Morgan fingerprint density at radius 3 is 2.47 bits per heavy atom. The van der Waals surface area contributed by atoms with Crippen LogP contribution in [0.1, 0.15) is 19.8 Å². The van der Waals surface area contributed by atoms with E-state index in [1.807, 2.05) is 0 Å². The summed E-state index contributed by atoms with van der Waals surface area (Å²) in [6.45, 7) is 1.32. The van der Waals surface area contributed by atoms with E-state index in [2.05, 4.69) is 10.1 Å². The van der Waals surface area contributed by atoms with Gasteiger partial charge >= 0.3 is 6.09 Å². The average Bonchev–Trinajstić information content (AvgIpc) is 1.99. The first-order chi connectivity index (χ1) is 6.80.